The van der Waals surface area contributed by atoms with E-state index in [2.05, 4.69) is 5.32 Å². The van der Waals surface area contributed by atoms with Gasteiger partial charge in [-0.2, -0.15) is 0 Å². The average Bonchev–Trinajstić information content (AvgIpc) is 3.12. The van der Waals surface area contributed by atoms with Crippen LogP contribution in [0, 0.1) is 0 Å². The molecule has 0 atom stereocenters. The van der Waals surface area contributed by atoms with Crippen LogP contribution < -0.4 is 14.8 Å². The third kappa shape index (κ3) is 6.20. The standard InChI is InChI=1S/C24H15Cl4NO4S/c25-16-4-1-14(7-18(16)27)11-32-20-6-3-13(10-22-23(30)29-24(31)34-22)9-21(20)33-12-15-2-5-17(26)19(28)8-15/h1-10H,11-12H2,(H,29,30,31). The number of hydrogen-bond acceptors (Lipinski definition) is 5. The quantitative estimate of drug-likeness (QED) is 0.302. The van der Waals surface area contributed by atoms with Crippen molar-refractivity contribution in [3.63, 3.8) is 0 Å². The van der Waals surface area contributed by atoms with Crippen molar-refractivity contribution in [2.24, 2.45) is 0 Å². The van der Waals surface area contributed by atoms with Gasteiger partial charge in [-0.1, -0.05) is 64.6 Å². The largest absolute Gasteiger partial charge is 0.485 e. The summed E-state index contributed by atoms with van der Waals surface area (Å²) in [6.45, 7) is 0.432. The lowest BCUT2D eigenvalue weighted by atomic mass is 10.1. The number of hydrogen-bond donors (Lipinski definition) is 1. The lowest BCUT2D eigenvalue weighted by Gasteiger charge is -2.14. The van der Waals surface area contributed by atoms with Gasteiger partial charge >= 0.3 is 0 Å². The summed E-state index contributed by atoms with van der Waals surface area (Å²) in [6, 6.07) is 15.7. The molecule has 0 aliphatic carbocycles. The molecule has 10 heteroatoms. The number of carbonyl (C=O) groups excluding carboxylic acids is 2. The minimum atomic E-state index is -0.437. The van der Waals surface area contributed by atoms with Crippen LogP contribution in [-0.4, -0.2) is 11.1 Å². The third-order valence-electron chi connectivity index (χ3n) is 4.66. The molecule has 1 aliphatic rings. The summed E-state index contributed by atoms with van der Waals surface area (Å²) in [6.07, 6.45) is 1.61. The molecule has 3 aromatic carbocycles. The van der Waals surface area contributed by atoms with E-state index >= 15 is 0 Å². The van der Waals surface area contributed by atoms with E-state index in [4.69, 9.17) is 55.9 Å². The van der Waals surface area contributed by atoms with Crippen LogP contribution in [0.4, 0.5) is 4.79 Å². The zero-order valence-electron chi connectivity index (χ0n) is 17.2. The summed E-state index contributed by atoms with van der Waals surface area (Å²) < 4.78 is 12.0. The summed E-state index contributed by atoms with van der Waals surface area (Å²) in [4.78, 5) is 23.7. The fourth-order valence-corrected chi connectivity index (χ4v) is 4.32. The summed E-state index contributed by atoms with van der Waals surface area (Å²) in [5.74, 6) is 0.483. The minimum absolute atomic E-state index is 0.202. The molecule has 0 saturated carbocycles. The first-order valence-electron chi connectivity index (χ1n) is 9.81. The molecule has 0 bridgehead atoms. The third-order valence-corrected chi connectivity index (χ3v) is 6.95. The SMILES string of the molecule is O=C1NC(=O)C(=Cc2ccc(OCc3ccc(Cl)c(Cl)c3)c(OCc3ccc(Cl)c(Cl)c3)c2)S1. The zero-order chi connectivity index (χ0) is 24.2. The maximum absolute atomic E-state index is 11.9. The summed E-state index contributed by atoms with van der Waals surface area (Å²) in [5, 5.41) is 3.59. The van der Waals surface area contributed by atoms with Gasteiger partial charge in [0.15, 0.2) is 11.5 Å². The number of rotatable bonds is 7. The highest BCUT2D eigenvalue weighted by Gasteiger charge is 2.25. The molecule has 0 unspecified atom stereocenters. The Hall–Kier alpha value is -2.35. The monoisotopic (exact) mass is 553 g/mol. The fraction of sp³-hybridized carbons (Fsp3) is 0.0833. The molecule has 1 N–H and O–H groups in total. The van der Waals surface area contributed by atoms with Crippen LogP contribution in [-0.2, 0) is 18.0 Å². The van der Waals surface area contributed by atoms with Crippen LogP contribution in [0.2, 0.25) is 20.1 Å². The van der Waals surface area contributed by atoms with Gasteiger partial charge in [-0.15, -0.1) is 0 Å². The van der Waals surface area contributed by atoms with Crippen molar-refractivity contribution in [1.82, 2.24) is 5.32 Å². The fourth-order valence-electron chi connectivity index (χ4n) is 3.00. The Morgan fingerprint density at radius 3 is 1.85 bits per heavy atom. The molecule has 0 spiro atoms. The van der Waals surface area contributed by atoms with Crippen LogP contribution in [0.1, 0.15) is 16.7 Å². The van der Waals surface area contributed by atoms with E-state index in [-0.39, 0.29) is 13.2 Å². The first kappa shape index (κ1) is 24.8. The second kappa shape index (κ2) is 10.9. The van der Waals surface area contributed by atoms with Crippen LogP contribution in [0.25, 0.3) is 6.08 Å². The smallest absolute Gasteiger partial charge is 0.290 e. The van der Waals surface area contributed by atoms with E-state index in [1.807, 2.05) is 6.07 Å². The summed E-state index contributed by atoms with van der Waals surface area (Å²) in [5.41, 5.74) is 2.30. The van der Waals surface area contributed by atoms with E-state index in [1.54, 1.807) is 54.6 Å². The molecular formula is C24H15Cl4NO4S. The topological polar surface area (TPSA) is 64.6 Å². The van der Waals surface area contributed by atoms with E-state index in [0.29, 0.717) is 42.1 Å². The second-order valence-corrected chi connectivity index (χ2v) is 9.78. The Labute approximate surface area is 219 Å². The van der Waals surface area contributed by atoms with Crippen LogP contribution in [0.3, 0.4) is 0 Å². The molecule has 174 valence electrons. The van der Waals surface area contributed by atoms with E-state index in [9.17, 15) is 9.59 Å². The van der Waals surface area contributed by atoms with Crippen LogP contribution >= 0.6 is 58.2 Å². The normalized spacial score (nSPS) is 14.4. The van der Waals surface area contributed by atoms with Crippen molar-refractivity contribution in [3.8, 4) is 11.5 Å². The van der Waals surface area contributed by atoms with E-state index in [0.717, 1.165) is 22.9 Å². The van der Waals surface area contributed by atoms with Crippen molar-refractivity contribution >= 4 is 75.4 Å². The van der Waals surface area contributed by atoms with Gasteiger partial charge in [0.25, 0.3) is 11.1 Å². The molecule has 4 rings (SSSR count). The van der Waals surface area contributed by atoms with Crippen LogP contribution in [0.5, 0.6) is 11.5 Å². The number of nitrogens with one attached hydrogen (secondary N) is 1. The van der Waals surface area contributed by atoms with Gasteiger partial charge in [-0.25, -0.2) is 0 Å². The highest BCUT2D eigenvalue weighted by Crippen LogP contribution is 2.34. The molecule has 1 aliphatic heterocycles. The lowest BCUT2D eigenvalue weighted by Crippen LogP contribution is -2.17. The number of carbonyl (C=O) groups is 2. The van der Waals surface area contributed by atoms with Gasteiger partial charge < -0.3 is 9.47 Å². The van der Waals surface area contributed by atoms with Gasteiger partial charge in [0.1, 0.15) is 13.2 Å². The van der Waals surface area contributed by atoms with Crippen molar-refractivity contribution in [2.75, 3.05) is 0 Å². The molecule has 0 aromatic heterocycles. The van der Waals surface area contributed by atoms with Gasteiger partial charge in [0, 0.05) is 0 Å². The number of amides is 2. The number of thioether (sulfide) groups is 1. The summed E-state index contributed by atoms with van der Waals surface area (Å²) in [7, 11) is 0. The summed E-state index contributed by atoms with van der Waals surface area (Å²) >= 11 is 25.0. The number of benzene rings is 3. The Kier molecular flexibility index (Phi) is 7.96. The van der Waals surface area contributed by atoms with Crippen molar-refractivity contribution in [1.29, 1.82) is 0 Å². The van der Waals surface area contributed by atoms with Gasteiger partial charge in [-0.3, -0.25) is 14.9 Å². The number of imide groups is 1. The molecule has 0 radical (unpaired) electrons. The predicted molar refractivity (Wildman–Crippen MR) is 137 cm³/mol. The van der Waals surface area contributed by atoms with Crippen LogP contribution in [0.15, 0.2) is 59.5 Å². The van der Waals surface area contributed by atoms with Crippen molar-refractivity contribution in [2.45, 2.75) is 13.2 Å². The Morgan fingerprint density at radius 1 is 0.735 bits per heavy atom. The molecule has 3 aromatic rings. The number of halogens is 4. The maximum atomic E-state index is 11.9. The Balaban J connectivity index is 1.58. The predicted octanol–water partition coefficient (Wildman–Crippen LogP) is 7.78. The molecule has 1 heterocycles. The second-order valence-electron chi connectivity index (χ2n) is 7.13. The Morgan fingerprint density at radius 2 is 1.32 bits per heavy atom. The van der Waals surface area contributed by atoms with Gasteiger partial charge in [0.05, 0.1) is 25.0 Å². The van der Waals surface area contributed by atoms with Crippen molar-refractivity contribution in [3.05, 3.63) is 96.3 Å². The maximum Gasteiger partial charge on any atom is 0.290 e. The first-order valence-corrected chi connectivity index (χ1v) is 12.1. The molecule has 2 amide bonds. The lowest BCUT2D eigenvalue weighted by molar-refractivity contribution is -0.115. The molecule has 34 heavy (non-hydrogen) atoms. The van der Waals surface area contributed by atoms with E-state index in [1.165, 1.54) is 0 Å². The van der Waals surface area contributed by atoms with Gasteiger partial charge in [0.2, 0.25) is 0 Å². The molecule has 5 nitrogen and oxygen atoms in total. The zero-order valence-corrected chi connectivity index (χ0v) is 21.1. The first-order chi connectivity index (χ1) is 16.3. The van der Waals surface area contributed by atoms with Gasteiger partial charge in [-0.05, 0) is 70.9 Å². The molecule has 1 saturated heterocycles. The molecule has 1 fully saturated rings. The van der Waals surface area contributed by atoms with E-state index < -0.39 is 11.1 Å². The van der Waals surface area contributed by atoms with Crippen molar-refractivity contribution < 1.29 is 19.1 Å². The highest BCUT2D eigenvalue weighted by atomic mass is 35.5. The molecular weight excluding hydrogens is 540 g/mol. The number of ether oxygens (including phenoxy) is 2. The average molecular weight is 555 g/mol. The highest BCUT2D eigenvalue weighted by molar-refractivity contribution is 8.18. The minimum Gasteiger partial charge on any atom is -0.485 e. The Bertz CT molecular complexity index is 1310.